The van der Waals surface area contributed by atoms with Gasteiger partial charge in [-0.1, -0.05) is 0 Å². The number of aromatic nitrogens is 1. The summed E-state index contributed by atoms with van der Waals surface area (Å²) in [6, 6.07) is 7.02. The standard InChI is InChI=1S/C14H14F2N2/c1-9(11-6-12(15)8-13(16)7-11)18-14-4-3-5-17-10(14)2/h3-9,18H,1-2H3. The second kappa shape index (κ2) is 5.12. The van der Waals surface area contributed by atoms with Gasteiger partial charge in [0.05, 0.1) is 11.4 Å². The minimum absolute atomic E-state index is 0.196. The Morgan fingerprint density at radius 3 is 2.44 bits per heavy atom. The summed E-state index contributed by atoms with van der Waals surface area (Å²) in [4.78, 5) is 4.15. The Kier molecular flexibility index (Phi) is 3.55. The Morgan fingerprint density at radius 1 is 1.17 bits per heavy atom. The molecule has 0 aliphatic heterocycles. The van der Waals surface area contributed by atoms with Gasteiger partial charge in [0, 0.05) is 18.3 Å². The van der Waals surface area contributed by atoms with Crippen molar-refractivity contribution in [2.45, 2.75) is 19.9 Å². The lowest BCUT2D eigenvalue weighted by Crippen LogP contribution is -2.08. The summed E-state index contributed by atoms with van der Waals surface area (Å²) in [5.74, 6) is -1.14. The van der Waals surface area contributed by atoms with Crippen molar-refractivity contribution in [3.8, 4) is 0 Å². The molecule has 94 valence electrons. The molecule has 1 N–H and O–H groups in total. The van der Waals surface area contributed by atoms with Crippen LogP contribution in [0.3, 0.4) is 0 Å². The Labute approximate surface area is 105 Å². The van der Waals surface area contributed by atoms with Crippen molar-refractivity contribution in [2.24, 2.45) is 0 Å². The van der Waals surface area contributed by atoms with E-state index in [1.54, 1.807) is 6.20 Å². The molecule has 1 aromatic heterocycles. The highest BCUT2D eigenvalue weighted by molar-refractivity contribution is 5.48. The van der Waals surface area contributed by atoms with Gasteiger partial charge in [-0.05, 0) is 43.7 Å². The third-order valence-corrected chi connectivity index (χ3v) is 2.76. The Bertz CT molecular complexity index is 535. The van der Waals surface area contributed by atoms with E-state index in [1.807, 2.05) is 26.0 Å². The van der Waals surface area contributed by atoms with Crippen LogP contribution in [0.5, 0.6) is 0 Å². The van der Waals surface area contributed by atoms with Gasteiger partial charge < -0.3 is 5.32 Å². The van der Waals surface area contributed by atoms with E-state index in [2.05, 4.69) is 10.3 Å². The SMILES string of the molecule is Cc1ncccc1NC(C)c1cc(F)cc(F)c1. The first-order valence-corrected chi connectivity index (χ1v) is 5.70. The highest BCUT2D eigenvalue weighted by Crippen LogP contribution is 2.22. The van der Waals surface area contributed by atoms with Gasteiger partial charge in [-0.25, -0.2) is 8.78 Å². The van der Waals surface area contributed by atoms with Crippen LogP contribution in [0.25, 0.3) is 0 Å². The number of hydrogen-bond donors (Lipinski definition) is 1. The molecule has 4 heteroatoms. The maximum absolute atomic E-state index is 13.1. The average molecular weight is 248 g/mol. The van der Waals surface area contributed by atoms with Crippen LogP contribution in [0.2, 0.25) is 0 Å². The van der Waals surface area contributed by atoms with E-state index in [0.29, 0.717) is 5.56 Å². The number of nitrogens with zero attached hydrogens (tertiary/aromatic N) is 1. The maximum atomic E-state index is 13.1. The molecule has 0 aliphatic carbocycles. The predicted octanol–water partition coefficient (Wildman–Crippen LogP) is 3.84. The van der Waals surface area contributed by atoms with Gasteiger partial charge in [-0.2, -0.15) is 0 Å². The van der Waals surface area contributed by atoms with E-state index in [1.165, 1.54) is 12.1 Å². The van der Waals surface area contributed by atoms with E-state index in [0.717, 1.165) is 17.4 Å². The average Bonchev–Trinajstić information content (AvgIpc) is 2.31. The third kappa shape index (κ3) is 2.83. The second-order valence-corrected chi connectivity index (χ2v) is 4.21. The van der Waals surface area contributed by atoms with Gasteiger partial charge in [-0.15, -0.1) is 0 Å². The van der Waals surface area contributed by atoms with Crippen LogP contribution in [-0.4, -0.2) is 4.98 Å². The zero-order chi connectivity index (χ0) is 13.1. The van der Waals surface area contributed by atoms with E-state index >= 15 is 0 Å². The van der Waals surface area contributed by atoms with Crippen molar-refractivity contribution in [2.75, 3.05) is 5.32 Å². The van der Waals surface area contributed by atoms with Crippen LogP contribution < -0.4 is 5.32 Å². The maximum Gasteiger partial charge on any atom is 0.126 e. The summed E-state index contributed by atoms with van der Waals surface area (Å²) in [6.07, 6.45) is 1.70. The zero-order valence-electron chi connectivity index (χ0n) is 10.2. The highest BCUT2D eigenvalue weighted by Gasteiger charge is 2.09. The summed E-state index contributed by atoms with van der Waals surface area (Å²) in [6.45, 7) is 3.72. The molecule has 1 unspecified atom stereocenters. The molecular formula is C14H14F2N2. The lowest BCUT2D eigenvalue weighted by atomic mass is 10.1. The molecule has 1 aromatic carbocycles. The number of pyridine rings is 1. The lowest BCUT2D eigenvalue weighted by Gasteiger charge is -2.17. The Hall–Kier alpha value is -1.97. The van der Waals surface area contributed by atoms with Crippen LogP contribution >= 0.6 is 0 Å². The number of anilines is 1. The Balaban J connectivity index is 2.22. The monoisotopic (exact) mass is 248 g/mol. The first-order chi connectivity index (χ1) is 8.56. The normalized spacial score (nSPS) is 12.2. The molecule has 0 radical (unpaired) electrons. The fourth-order valence-corrected chi connectivity index (χ4v) is 1.78. The number of halogens is 2. The molecule has 18 heavy (non-hydrogen) atoms. The summed E-state index contributed by atoms with van der Waals surface area (Å²) < 4.78 is 26.3. The van der Waals surface area contributed by atoms with E-state index in [9.17, 15) is 8.78 Å². The zero-order valence-corrected chi connectivity index (χ0v) is 10.2. The van der Waals surface area contributed by atoms with Crippen LogP contribution in [0, 0.1) is 18.6 Å². The molecule has 0 fully saturated rings. The number of benzene rings is 1. The molecule has 0 bridgehead atoms. The van der Waals surface area contributed by atoms with Gasteiger partial charge in [0.15, 0.2) is 0 Å². The first kappa shape index (κ1) is 12.5. The van der Waals surface area contributed by atoms with Crippen molar-refractivity contribution in [3.63, 3.8) is 0 Å². The summed E-state index contributed by atoms with van der Waals surface area (Å²) in [7, 11) is 0. The van der Waals surface area contributed by atoms with Gasteiger partial charge in [0.25, 0.3) is 0 Å². The number of hydrogen-bond acceptors (Lipinski definition) is 2. The number of aryl methyl sites for hydroxylation is 1. The molecule has 2 aromatic rings. The molecule has 2 rings (SSSR count). The van der Waals surface area contributed by atoms with E-state index in [4.69, 9.17) is 0 Å². The lowest BCUT2D eigenvalue weighted by molar-refractivity contribution is 0.577. The fourth-order valence-electron chi connectivity index (χ4n) is 1.78. The third-order valence-electron chi connectivity index (χ3n) is 2.76. The van der Waals surface area contributed by atoms with Gasteiger partial charge in [0.1, 0.15) is 11.6 Å². The summed E-state index contributed by atoms with van der Waals surface area (Å²) in [5, 5.41) is 3.19. The van der Waals surface area contributed by atoms with E-state index < -0.39 is 11.6 Å². The molecule has 0 saturated carbocycles. The van der Waals surface area contributed by atoms with Crippen molar-refractivity contribution in [1.82, 2.24) is 4.98 Å². The van der Waals surface area contributed by atoms with Crippen LogP contribution in [0.4, 0.5) is 14.5 Å². The van der Waals surface area contributed by atoms with Gasteiger partial charge in [-0.3, -0.25) is 4.98 Å². The minimum Gasteiger partial charge on any atom is -0.377 e. The van der Waals surface area contributed by atoms with Crippen molar-refractivity contribution in [1.29, 1.82) is 0 Å². The van der Waals surface area contributed by atoms with Crippen molar-refractivity contribution >= 4 is 5.69 Å². The van der Waals surface area contributed by atoms with Gasteiger partial charge in [0.2, 0.25) is 0 Å². The molecule has 0 amide bonds. The number of rotatable bonds is 3. The smallest absolute Gasteiger partial charge is 0.126 e. The quantitative estimate of drug-likeness (QED) is 0.892. The summed E-state index contributed by atoms with van der Waals surface area (Å²) >= 11 is 0. The molecular weight excluding hydrogens is 234 g/mol. The topological polar surface area (TPSA) is 24.9 Å². The molecule has 0 saturated heterocycles. The molecule has 2 nitrogen and oxygen atoms in total. The largest absolute Gasteiger partial charge is 0.377 e. The molecule has 1 atom stereocenters. The Morgan fingerprint density at radius 2 is 1.83 bits per heavy atom. The summed E-state index contributed by atoms with van der Waals surface area (Å²) in [5.41, 5.74) is 2.27. The number of nitrogens with one attached hydrogen (secondary N) is 1. The highest BCUT2D eigenvalue weighted by atomic mass is 19.1. The molecule has 0 spiro atoms. The predicted molar refractivity (Wildman–Crippen MR) is 67.4 cm³/mol. The second-order valence-electron chi connectivity index (χ2n) is 4.21. The van der Waals surface area contributed by atoms with Gasteiger partial charge >= 0.3 is 0 Å². The van der Waals surface area contributed by atoms with Crippen molar-refractivity contribution < 1.29 is 8.78 Å². The fraction of sp³-hybridized carbons (Fsp3) is 0.214. The van der Waals surface area contributed by atoms with Crippen LogP contribution in [-0.2, 0) is 0 Å². The minimum atomic E-state index is -0.568. The molecule has 1 heterocycles. The van der Waals surface area contributed by atoms with Crippen LogP contribution in [0.15, 0.2) is 36.5 Å². The first-order valence-electron chi connectivity index (χ1n) is 5.70. The van der Waals surface area contributed by atoms with Crippen molar-refractivity contribution in [3.05, 3.63) is 59.4 Å². The molecule has 0 aliphatic rings. The van der Waals surface area contributed by atoms with Crippen LogP contribution in [0.1, 0.15) is 24.2 Å². The van der Waals surface area contributed by atoms with E-state index in [-0.39, 0.29) is 6.04 Å².